The van der Waals surface area contributed by atoms with Gasteiger partial charge in [0.1, 0.15) is 18.9 Å². The van der Waals surface area contributed by atoms with Gasteiger partial charge in [-0.1, -0.05) is 56.2 Å². The fourth-order valence-electron chi connectivity index (χ4n) is 2.81. The number of azide groups is 1. The SMILES string of the molecule is CC(C)(C)[Si](C)(C)O[C@@H]1CCN(C(=O)OCc2ccccc2)[C@H](N=[N+]=[N-])[C@H]1O. The molecule has 1 aromatic rings. The van der Waals surface area contributed by atoms with E-state index in [9.17, 15) is 9.90 Å². The van der Waals surface area contributed by atoms with E-state index in [1.165, 1.54) is 4.90 Å². The topological polar surface area (TPSA) is 108 Å². The van der Waals surface area contributed by atoms with Crippen LogP contribution >= 0.6 is 0 Å². The number of carbonyl (C=O) groups is 1. The van der Waals surface area contributed by atoms with Crippen molar-refractivity contribution in [2.75, 3.05) is 6.54 Å². The number of likely N-dealkylation sites (tertiary alicyclic amines) is 1. The van der Waals surface area contributed by atoms with E-state index in [4.69, 9.17) is 14.7 Å². The van der Waals surface area contributed by atoms with Crippen LogP contribution < -0.4 is 0 Å². The van der Waals surface area contributed by atoms with Crippen LogP contribution in [0.2, 0.25) is 18.1 Å². The molecule has 1 heterocycles. The van der Waals surface area contributed by atoms with Gasteiger partial charge in [-0.25, -0.2) is 4.79 Å². The van der Waals surface area contributed by atoms with Crippen LogP contribution in [0, 0.1) is 0 Å². The number of ether oxygens (including phenoxy) is 1. The van der Waals surface area contributed by atoms with Gasteiger partial charge in [0.05, 0.1) is 6.10 Å². The maximum atomic E-state index is 12.5. The predicted molar refractivity (Wildman–Crippen MR) is 109 cm³/mol. The normalized spacial score (nSPS) is 23.1. The zero-order valence-corrected chi connectivity index (χ0v) is 18.2. The van der Waals surface area contributed by atoms with E-state index >= 15 is 0 Å². The highest BCUT2D eigenvalue weighted by atomic mass is 28.4. The number of piperidine rings is 1. The minimum absolute atomic E-state index is 0.0214. The quantitative estimate of drug-likeness (QED) is 0.338. The van der Waals surface area contributed by atoms with Crippen LogP contribution in [0.1, 0.15) is 32.8 Å². The van der Waals surface area contributed by atoms with Crippen molar-refractivity contribution in [1.82, 2.24) is 4.90 Å². The van der Waals surface area contributed by atoms with Gasteiger partial charge in [-0.2, -0.15) is 0 Å². The molecule has 1 fully saturated rings. The van der Waals surface area contributed by atoms with Crippen molar-refractivity contribution in [2.24, 2.45) is 5.11 Å². The number of carbonyl (C=O) groups excluding carboxylic acids is 1. The van der Waals surface area contributed by atoms with E-state index in [2.05, 4.69) is 43.9 Å². The molecule has 0 aliphatic carbocycles. The van der Waals surface area contributed by atoms with Crippen LogP contribution in [0.5, 0.6) is 0 Å². The summed E-state index contributed by atoms with van der Waals surface area (Å²) in [5, 5.41) is 14.4. The van der Waals surface area contributed by atoms with Crippen molar-refractivity contribution in [2.45, 2.75) is 70.3 Å². The number of hydrogen-bond acceptors (Lipinski definition) is 5. The lowest BCUT2D eigenvalue weighted by atomic mass is 10.0. The molecule has 1 aliphatic heterocycles. The Hall–Kier alpha value is -2.06. The van der Waals surface area contributed by atoms with E-state index in [1.54, 1.807) is 0 Å². The minimum atomic E-state index is -2.12. The Kier molecular flexibility index (Phi) is 7.11. The molecule has 9 heteroatoms. The Morgan fingerprint density at radius 3 is 2.57 bits per heavy atom. The highest BCUT2D eigenvalue weighted by molar-refractivity contribution is 6.74. The monoisotopic (exact) mass is 406 g/mol. The molecule has 28 heavy (non-hydrogen) atoms. The van der Waals surface area contributed by atoms with E-state index in [0.29, 0.717) is 6.42 Å². The molecule has 0 saturated carbocycles. The van der Waals surface area contributed by atoms with Gasteiger partial charge in [0.25, 0.3) is 0 Å². The van der Waals surface area contributed by atoms with Gasteiger partial charge >= 0.3 is 6.09 Å². The van der Waals surface area contributed by atoms with Crippen LogP contribution in [-0.2, 0) is 15.8 Å². The Morgan fingerprint density at radius 1 is 1.36 bits per heavy atom. The molecule has 1 aromatic carbocycles. The molecule has 8 nitrogen and oxygen atoms in total. The third kappa shape index (κ3) is 5.26. The van der Waals surface area contributed by atoms with Crippen molar-refractivity contribution >= 4 is 14.4 Å². The average Bonchev–Trinajstić information content (AvgIpc) is 2.63. The minimum Gasteiger partial charge on any atom is -0.445 e. The molecule has 3 atom stereocenters. The Morgan fingerprint density at radius 2 is 2.00 bits per heavy atom. The number of amides is 1. The zero-order chi connectivity index (χ0) is 20.9. The van der Waals surface area contributed by atoms with Crippen LogP contribution in [0.3, 0.4) is 0 Å². The van der Waals surface area contributed by atoms with E-state index in [-0.39, 0.29) is 18.2 Å². The fourth-order valence-corrected chi connectivity index (χ4v) is 4.18. The molecule has 0 spiro atoms. The summed E-state index contributed by atoms with van der Waals surface area (Å²) in [6, 6.07) is 9.31. The van der Waals surface area contributed by atoms with Crippen molar-refractivity contribution < 1.29 is 19.1 Å². The van der Waals surface area contributed by atoms with E-state index < -0.39 is 32.8 Å². The molecule has 1 aliphatic rings. The maximum absolute atomic E-state index is 12.5. The number of rotatable bonds is 5. The van der Waals surface area contributed by atoms with Crippen LogP contribution in [0.25, 0.3) is 10.4 Å². The molecule has 1 saturated heterocycles. The van der Waals surface area contributed by atoms with Crippen molar-refractivity contribution in [3.63, 3.8) is 0 Å². The van der Waals surface area contributed by atoms with Crippen LogP contribution in [0.15, 0.2) is 35.4 Å². The summed E-state index contributed by atoms with van der Waals surface area (Å²) in [7, 11) is -2.12. The summed E-state index contributed by atoms with van der Waals surface area (Å²) in [6.45, 7) is 10.9. The first-order valence-electron chi connectivity index (χ1n) is 9.44. The first-order valence-corrected chi connectivity index (χ1v) is 12.3. The number of aliphatic hydroxyl groups is 1. The van der Waals surface area contributed by atoms with Gasteiger partial charge in [-0.05, 0) is 35.6 Å². The third-order valence-corrected chi connectivity index (χ3v) is 10.0. The summed E-state index contributed by atoms with van der Waals surface area (Å²) >= 11 is 0. The molecule has 0 aromatic heterocycles. The van der Waals surface area contributed by atoms with Gasteiger partial charge in [-0.3, -0.25) is 4.90 Å². The molecule has 1 N–H and O–H groups in total. The maximum Gasteiger partial charge on any atom is 0.410 e. The highest BCUT2D eigenvalue weighted by Crippen LogP contribution is 2.39. The summed E-state index contributed by atoms with van der Waals surface area (Å²) in [5.74, 6) is 0. The van der Waals surface area contributed by atoms with Gasteiger partial charge in [0.2, 0.25) is 0 Å². The largest absolute Gasteiger partial charge is 0.445 e. The van der Waals surface area contributed by atoms with Crippen LogP contribution in [-0.4, -0.2) is 49.3 Å². The fraction of sp³-hybridized carbons (Fsp3) is 0.632. The van der Waals surface area contributed by atoms with Crippen molar-refractivity contribution in [1.29, 1.82) is 0 Å². The molecule has 0 bridgehead atoms. The summed E-state index contributed by atoms with van der Waals surface area (Å²) in [6.07, 6.45) is -2.83. The van der Waals surface area contributed by atoms with Gasteiger partial charge in [-0.15, -0.1) is 0 Å². The Bertz CT molecular complexity index is 716. The lowest BCUT2D eigenvalue weighted by Gasteiger charge is -2.45. The third-order valence-electron chi connectivity index (χ3n) is 5.52. The Balaban J connectivity index is 2.08. The van der Waals surface area contributed by atoms with E-state index in [0.717, 1.165) is 5.56 Å². The molecule has 0 radical (unpaired) electrons. The molecule has 2 rings (SSSR count). The lowest BCUT2D eigenvalue weighted by Crippen LogP contribution is -2.59. The van der Waals surface area contributed by atoms with Crippen LogP contribution in [0.4, 0.5) is 4.79 Å². The number of benzene rings is 1. The van der Waals surface area contributed by atoms with Crippen molar-refractivity contribution in [3.05, 3.63) is 46.3 Å². The molecule has 0 unspecified atom stereocenters. The first kappa shape index (κ1) is 22.2. The standard InChI is InChI=1S/C19H30N4O4Si/c1-19(2,3)28(4,5)27-15-11-12-23(17(16(15)24)21-22-20)18(25)26-13-14-9-7-6-8-10-14/h6-10,15-17,24H,11-13H2,1-5H3/t15-,16+,17+/m1/s1. The Labute approximate surface area is 167 Å². The molecule has 154 valence electrons. The summed E-state index contributed by atoms with van der Waals surface area (Å²) in [5.41, 5.74) is 9.78. The van der Waals surface area contributed by atoms with Gasteiger partial charge in [0.15, 0.2) is 8.32 Å². The summed E-state index contributed by atoms with van der Waals surface area (Å²) in [4.78, 5) is 16.6. The first-order chi connectivity index (χ1) is 13.1. The predicted octanol–water partition coefficient (Wildman–Crippen LogP) is 4.42. The number of hydrogen-bond donors (Lipinski definition) is 1. The molecular weight excluding hydrogens is 376 g/mol. The molecule has 1 amide bonds. The summed E-state index contributed by atoms with van der Waals surface area (Å²) < 4.78 is 11.7. The van der Waals surface area contributed by atoms with Crippen molar-refractivity contribution in [3.8, 4) is 0 Å². The zero-order valence-electron chi connectivity index (χ0n) is 17.2. The average molecular weight is 407 g/mol. The number of nitrogens with zero attached hydrogens (tertiary/aromatic N) is 4. The smallest absolute Gasteiger partial charge is 0.410 e. The second-order valence-electron chi connectivity index (χ2n) is 8.55. The van der Waals surface area contributed by atoms with E-state index in [1.807, 2.05) is 30.3 Å². The highest BCUT2D eigenvalue weighted by Gasteiger charge is 2.45. The number of aliphatic hydroxyl groups excluding tert-OH is 1. The van der Waals surface area contributed by atoms with Gasteiger partial charge in [0, 0.05) is 11.5 Å². The molecular formula is C19H30N4O4Si. The second kappa shape index (κ2) is 8.96. The lowest BCUT2D eigenvalue weighted by molar-refractivity contribution is -0.0640. The second-order valence-corrected chi connectivity index (χ2v) is 13.3. The van der Waals surface area contributed by atoms with Gasteiger partial charge < -0.3 is 14.3 Å².